The van der Waals surface area contributed by atoms with Crippen molar-refractivity contribution in [3.8, 4) is 34.7 Å². The van der Waals surface area contributed by atoms with Gasteiger partial charge in [-0.25, -0.2) is 13.1 Å². The van der Waals surface area contributed by atoms with Crippen LogP contribution in [0.1, 0.15) is 49.4 Å². The van der Waals surface area contributed by atoms with Crippen LogP contribution in [-0.4, -0.2) is 42.1 Å². The fraction of sp³-hybridized carbons (Fsp3) is 0.375. The number of aliphatic hydroxyl groups excluding tert-OH is 1. The average Bonchev–Trinajstić information content (AvgIpc) is 3.28. The van der Waals surface area contributed by atoms with Crippen LogP contribution in [0.25, 0.3) is 22.8 Å². The standard InChI is InChI=1S/C24H26N4O5S/c1-15(2)32-22-10-9-16(13-17(22)14-25)24-26-23(27-33-24)20-7-3-6-19-18(20)5-4-8-21(19)28-34(30,31)12-11-29/h3,6-7,9-10,13,15,21,28-29H,4-5,8,11-12H2,1-2H3/t21-/m1/s1. The van der Waals surface area contributed by atoms with E-state index in [1.807, 2.05) is 32.0 Å². The first-order chi connectivity index (χ1) is 16.3. The van der Waals surface area contributed by atoms with E-state index >= 15 is 0 Å². The summed E-state index contributed by atoms with van der Waals surface area (Å²) in [4.78, 5) is 4.55. The van der Waals surface area contributed by atoms with Gasteiger partial charge in [-0.05, 0) is 62.4 Å². The molecule has 2 N–H and O–H groups in total. The molecule has 0 saturated heterocycles. The third kappa shape index (κ3) is 5.12. The summed E-state index contributed by atoms with van der Waals surface area (Å²) in [5, 5.41) is 22.7. The van der Waals surface area contributed by atoms with E-state index in [-0.39, 0.29) is 23.8 Å². The molecule has 34 heavy (non-hydrogen) atoms. The number of hydrogen-bond acceptors (Lipinski definition) is 8. The molecule has 1 aromatic heterocycles. The summed E-state index contributed by atoms with van der Waals surface area (Å²) in [5.41, 5.74) is 3.60. The van der Waals surface area contributed by atoms with Gasteiger partial charge in [0.2, 0.25) is 15.8 Å². The zero-order valence-electron chi connectivity index (χ0n) is 19.0. The van der Waals surface area contributed by atoms with Gasteiger partial charge in [-0.1, -0.05) is 23.4 Å². The van der Waals surface area contributed by atoms with Crippen molar-refractivity contribution in [1.82, 2.24) is 14.9 Å². The maximum Gasteiger partial charge on any atom is 0.258 e. The molecule has 178 valence electrons. The van der Waals surface area contributed by atoms with Crippen LogP contribution in [0.15, 0.2) is 40.9 Å². The monoisotopic (exact) mass is 482 g/mol. The van der Waals surface area contributed by atoms with Crippen LogP contribution in [-0.2, 0) is 16.4 Å². The fourth-order valence-electron chi connectivity index (χ4n) is 4.13. The molecule has 0 unspecified atom stereocenters. The highest BCUT2D eigenvalue weighted by Gasteiger charge is 2.27. The highest BCUT2D eigenvalue weighted by molar-refractivity contribution is 7.89. The summed E-state index contributed by atoms with van der Waals surface area (Å²) in [7, 11) is -3.59. The van der Waals surface area contributed by atoms with Gasteiger partial charge in [0.25, 0.3) is 5.89 Å². The van der Waals surface area contributed by atoms with Gasteiger partial charge in [0.15, 0.2) is 0 Å². The number of fused-ring (bicyclic) bond motifs is 1. The van der Waals surface area contributed by atoms with Crippen LogP contribution < -0.4 is 9.46 Å². The predicted octanol–water partition coefficient (Wildman–Crippen LogP) is 3.35. The number of benzene rings is 2. The van der Waals surface area contributed by atoms with Crippen molar-refractivity contribution in [2.45, 2.75) is 45.3 Å². The molecule has 0 spiro atoms. The Hall–Kier alpha value is -3.26. The predicted molar refractivity (Wildman–Crippen MR) is 125 cm³/mol. The number of rotatable bonds is 8. The Labute approximate surface area is 198 Å². The lowest BCUT2D eigenvalue weighted by Gasteiger charge is -2.27. The van der Waals surface area contributed by atoms with Crippen molar-refractivity contribution in [3.05, 3.63) is 53.1 Å². The second kappa shape index (κ2) is 9.93. The van der Waals surface area contributed by atoms with Crippen molar-refractivity contribution in [1.29, 1.82) is 5.26 Å². The van der Waals surface area contributed by atoms with Crippen molar-refractivity contribution < 1.29 is 22.8 Å². The van der Waals surface area contributed by atoms with Crippen molar-refractivity contribution >= 4 is 10.0 Å². The minimum Gasteiger partial charge on any atom is -0.490 e. The first-order valence-electron chi connectivity index (χ1n) is 11.1. The Morgan fingerprint density at radius 2 is 2.15 bits per heavy atom. The number of sulfonamides is 1. The molecular formula is C24H26N4O5S. The lowest BCUT2D eigenvalue weighted by atomic mass is 9.85. The van der Waals surface area contributed by atoms with E-state index in [9.17, 15) is 13.7 Å². The van der Waals surface area contributed by atoms with Crippen molar-refractivity contribution in [2.75, 3.05) is 12.4 Å². The third-order valence-electron chi connectivity index (χ3n) is 5.57. The topological polar surface area (TPSA) is 138 Å². The Morgan fingerprint density at radius 3 is 2.88 bits per heavy atom. The van der Waals surface area contributed by atoms with Crippen LogP contribution in [0.2, 0.25) is 0 Å². The molecule has 1 atom stereocenters. The Morgan fingerprint density at radius 1 is 1.32 bits per heavy atom. The van der Waals surface area contributed by atoms with E-state index in [0.717, 1.165) is 29.5 Å². The van der Waals surface area contributed by atoms with Crippen LogP contribution in [0, 0.1) is 11.3 Å². The molecule has 0 amide bonds. The number of aliphatic hydroxyl groups is 1. The van der Waals surface area contributed by atoms with Gasteiger partial charge in [0, 0.05) is 17.2 Å². The molecule has 0 bridgehead atoms. The molecule has 3 aromatic rings. The summed E-state index contributed by atoms with van der Waals surface area (Å²) in [6, 6.07) is 12.5. The van der Waals surface area contributed by atoms with E-state index in [0.29, 0.717) is 29.1 Å². The van der Waals surface area contributed by atoms with E-state index < -0.39 is 16.6 Å². The molecule has 1 heterocycles. The van der Waals surface area contributed by atoms with Gasteiger partial charge in [-0.3, -0.25) is 0 Å². The largest absolute Gasteiger partial charge is 0.490 e. The molecule has 1 aliphatic rings. The number of nitriles is 1. The minimum absolute atomic E-state index is 0.0610. The third-order valence-corrected chi connectivity index (χ3v) is 6.93. The van der Waals surface area contributed by atoms with Crippen molar-refractivity contribution in [2.24, 2.45) is 0 Å². The number of ether oxygens (including phenoxy) is 1. The summed E-state index contributed by atoms with van der Waals surface area (Å²) in [6.45, 7) is 3.35. The first-order valence-corrected chi connectivity index (χ1v) is 12.7. The maximum absolute atomic E-state index is 12.2. The Balaban J connectivity index is 1.65. The quantitative estimate of drug-likeness (QED) is 0.498. The Bertz CT molecular complexity index is 1330. The first kappa shape index (κ1) is 23.9. The molecule has 0 aliphatic heterocycles. The second-order valence-corrected chi connectivity index (χ2v) is 10.3. The number of nitrogens with zero attached hydrogens (tertiary/aromatic N) is 3. The second-order valence-electron chi connectivity index (χ2n) is 8.39. The number of aromatic nitrogens is 2. The highest BCUT2D eigenvalue weighted by Crippen LogP contribution is 2.36. The van der Waals surface area contributed by atoms with Crippen LogP contribution >= 0.6 is 0 Å². The molecule has 0 saturated carbocycles. The van der Waals surface area contributed by atoms with Gasteiger partial charge in [-0.15, -0.1) is 0 Å². The molecule has 0 radical (unpaired) electrons. The fourth-order valence-corrected chi connectivity index (χ4v) is 5.17. The summed E-state index contributed by atoms with van der Waals surface area (Å²) < 4.78 is 38.3. The number of nitrogens with one attached hydrogen (secondary N) is 1. The molecule has 1 aliphatic carbocycles. The normalized spacial score (nSPS) is 15.7. The van der Waals surface area contributed by atoms with Crippen LogP contribution in [0.4, 0.5) is 0 Å². The van der Waals surface area contributed by atoms with E-state index in [4.69, 9.17) is 14.4 Å². The highest BCUT2D eigenvalue weighted by atomic mass is 32.2. The molecular weight excluding hydrogens is 456 g/mol. The molecule has 10 heteroatoms. The van der Waals surface area contributed by atoms with Gasteiger partial charge >= 0.3 is 0 Å². The van der Waals surface area contributed by atoms with E-state index in [2.05, 4.69) is 20.9 Å². The van der Waals surface area contributed by atoms with E-state index in [1.54, 1.807) is 18.2 Å². The average molecular weight is 483 g/mol. The molecule has 9 nitrogen and oxygen atoms in total. The maximum atomic E-state index is 12.2. The lowest BCUT2D eigenvalue weighted by molar-refractivity contribution is 0.241. The van der Waals surface area contributed by atoms with Crippen molar-refractivity contribution in [3.63, 3.8) is 0 Å². The minimum atomic E-state index is -3.59. The van der Waals surface area contributed by atoms with E-state index in [1.165, 1.54) is 0 Å². The molecule has 2 aromatic carbocycles. The van der Waals surface area contributed by atoms with Gasteiger partial charge in [0.05, 0.1) is 24.0 Å². The zero-order valence-corrected chi connectivity index (χ0v) is 19.8. The summed E-state index contributed by atoms with van der Waals surface area (Å²) in [5.74, 6) is 0.828. The van der Waals surface area contributed by atoms with Crippen LogP contribution in [0.5, 0.6) is 5.75 Å². The summed E-state index contributed by atoms with van der Waals surface area (Å²) in [6.07, 6.45) is 2.16. The SMILES string of the molecule is CC(C)Oc1ccc(-c2nc(-c3cccc4c3CCC[C@H]4NS(=O)(=O)CCO)no2)cc1C#N. The van der Waals surface area contributed by atoms with Gasteiger partial charge < -0.3 is 14.4 Å². The smallest absolute Gasteiger partial charge is 0.258 e. The lowest BCUT2D eigenvalue weighted by Crippen LogP contribution is -2.33. The Kier molecular flexibility index (Phi) is 6.97. The van der Waals surface area contributed by atoms with Crippen LogP contribution in [0.3, 0.4) is 0 Å². The van der Waals surface area contributed by atoms with Gasteiger partial charge in [0.1, 0.15) is 11.8 Å². The molecule has 0 fully saturated rings. The van der Waals surface area contributed by atoms with Gasteiger partial charge in [-0.2, -0.15) is 10.2 Å². The molecule has 4 rings (SSSR count). The zero-order chi connectivity index (χ0) is 24.3. The summed E-state index contributed by atoms with van der Waals surface area (Å²) >= 11 is 0. The number of hydrogen-bond donors (Lipinski definition) is 2.